The maximum Gasteiger partial charge on any atom is 1.00 e. The summed E-state index contributed by atoms with van der Waals surface area (Å²) in [6, 6.07) is 0. The second-order valence-electron chi connectivity index (χ2n) is 0. The van der Waals surface area contributed by atoms with Gasteiger partial charge < -0.3 is 21.9 Å². The van der Waals surface area contributed by atoms with E-state index in [1.807, 2.05) is 0 Å². The SMILES string of the molecule is O.O.[Cr].[OH-].[OH-].[Tl+].[Tl+]. The molecule has 0 aliphatic rings. The normalized spacial score (nSPS) is 0. The molecule has 0 rings (SSSR count). The zero-order valence-electron chi connectivity index (χ0n) is 3.46. The van der Waals surface area contributed by atoms with Crippen molar-refractivity contribution < 1.29 is 39.3 Å². The van der Waals surface area contributed by atoms with Gasteiger partial charge in [-0.3, -0.25) is 0 Å². The summed E-state index contributed by atoms with van der Waals surface area (Å²) in [5.41, 5.74) is 0. The van der Waals surface area contributed by atoms with E-state index in [2.05, 4.69) is 0 Å². The van der Waals surface area contributed by atoms with E-state index in [4.69, 9.17) is 0 Å². The standard InChI is InChI=1S/Cr.4H2O.2Tl/h;4*1H2;;/q;;;;;2*+1/p-2. The van der Waals surface area contributed by atoms with Gasteiger partial charge in [-0.15, -0.1) is 0 Å². The van der Waals surface area contributed by atoms with Crippen LogP contribution in [-0.2, 0) is 17.4 Å². The number of hydrogen-bond acceptors (Lipinski definition) is 2. The molecule has 0 aliphatic carbocycles. The molecule has 4 nitrogen and oxygen atoms in total. The second kappa shape index (κ2) is 87.1. The van der Waals surface area contributed by atoms with E-state index in [1.165, 1.54) is 0 Å². The minimum absolute atomic E-state index is 0. The molecule has 0 saturated carbocycles. The summed E-state index contributed by atoms with van der Waals surface area (Å²) < 4.78 is 0. The Kier molecular flexibility index (Phi) is 1580. The molecule has 0 aromatic rings. The summed E-state index contributed by atoms with van der Waals surface area (Å²) in [5, 5.41) is 0. The zero-order valence-corrected chi connectivity index (χ0v) is 13.7. The first-order chi connectivity index (χ1) is 0. The van der Waals surface area contributed by atoms with Crippen LogP contribution in [-0.4, -0.2) is 76.5 Å². The molecule has 7 heteroatoms. The van der Waals surface area contributed by atoms with Crippen LogP contribution in [0.15, 0.2) is 0 Å². The van der Waals surface area contributed by atoms with Gasteiger partial charge in [-0.25, -0.2) is 0 Å². The monoisotopic (exact) mass is 532 g/mol. The summed E-state index contributed by atoms with van der Waals surface area (Å²) in [5.74, 6) is 0. The maximum atomic E-state index is 0. The van der Waals surface area contributed by atoms with Crippen LogP contribution in [0.1, 0.15) is 0 Å². The maximum absolute atomic E-state index is 0. The van der Waals surface area contributed by atoms with Gasteiger partial charge >= 0.3 is 54.6 Å². The van der Waals surface area contributed by atoms with Crippen molar-refractivity contribution in [1.29, 1.82) is 0 Å². The van der Waals surface area contributed by atoms with Gasteiger partial charge in [0.15, 0.2) is 0 Å². The Morgan fingerprint density at radius 1 is 0.571 bits per heavy atom. The Labute approximate surface area is 92.7 Å². The van der Waals surface area contributed by atoms with E-state index in [0.29, 0.717) is 0 Å². The molecule has 0 unspecified atom stereocenters. The molecule has 6 N–H and O–H groups in total. The third kappa shape index (κ3) is 64.6. The van der Waals surface area contributed by atoms with E-state index in [-0.39, 0.29) is 93.9 Å². The van der Waals surface area contributed by atoms with Crippen LogP contribution in [0.25, 0.3) is 0 Å². The topological polar surface area (TPSA) is 123 Å². The molecule has 0 heterocycles. The summed E-state index contributed by atoms with van der Waals surface area (Å²) in [7, 11) is 0. The molecule has 0 saturated heterocycles. The van der Waals surface area contributed by atoms with Gasteiger partial charge in [-0.2, -0.15) is 0 Å². The van der Waals surface area contributed by atoms with Crippen LogP contribution >= 0.6 is 0 Å². The molecule has 0 amide bonds. The Morgan fingerprint density at radius 2 is 0.571 bits per heavy atom. The summed E-state index contributed by atoms with van der Waals surface area (Å²) >= 11 is 0. The molecule has 0 aromatic heterocycles. The van der Waals surface area contributed by atoms with Crippen molar-refractivity contribution in [3.8, 4) is 0 Å². The average Bonchev–Trinajstić information content (AvgIpc) is 0. The zero-order chi connectivity index (χ0) is 0. The van der Waals surface area contributed by atoms with Gasteiger partial charge in [0.2, 0.25) is 0 Å². The number of rotatable bonds is 0. The van der Waals surface area contributed by atoms with Crippen LogP contribution in [0.4, 0.5) is 0 Å². The van der Waals surface area contributed by atoms with Gasteiger partial charge in [-0.1, -0.05) is 0 Å². The van der Waals surface area contributed by atoms with Crippen molar-refractivity contribution in [1.82, 2.24) is 0 Å². The fraction of sp³-hybridized carbons (Fsp3) is 0. The smallest absolute Gasteiger partial charge is 0.870 e. The van der Waals surface area contributed by atoms with Crippen LogP contribution < -0.4 is 0 Å². The summed E-state index contributed by atoms with van der Waals surface area (Å²) in [6.45, 7) is 0. The molecule has 0 fully saturated rings. The Hall–Kier alpha value is 2.22. The van der Waals surface area contributed by atoms with Gasteiger partial charge in [0, 0.05) is 17.4 Å². The van der Waals surface area contributed by atoms with Gasteiger partial charge in [0.25, 0.3) is 0 Å². The van der Waals surface area contributed by atoms with Crippen molar-refractivity contribution in [3.05, 3.63) is 0 Å². The first kappa shape index (κ1) is 127. The second-order valence-corrected chi connectivity index (χ2v) is 0. The van der Waals surface area contributed by atoms with Crippen LogP contribution in [0.3, 0.4) is 0 Å². The molecule has 0 bridgehead atoms. The first-order valence-corrected chi connectivity index (χ1v) is 0. The van der Waals surface area contributed by atoms with E-state index in [9.17, 15) is 0 Å². The van der Waals surface area contributed by atoms with Crippen LogP contribution in [0, 0.1) is 0 Å². The van der Waals surface area contributed by atoms with Crippen molar-refractivity contribution in [2.45, 2.75) is 0 Å². The van der Waals surface area contributed by atoms with E-state index < -0.39 is 0 Å². The summed E-state index contributed by atoms with van der Waals surface area (Å²) in [4.78, 5) is 0. The molecule has 0 aliphatic heterocycles. The molecule has 0 radical (unpaired) electrons. The largest absolute Gasteiger partial charge is 1.00 e. The molecule has 0 atom stereocenters. The quantitative estimate of drug-likeness (QED) is 0.315. The van der Waals surface area contributed by atoms with Crippen molar-refractivity contribution in [2.24, 2.45) is 0 Å². The Morgan fingerprint density at radius 3 is 0.571 bits per heavy atom. The van der Waals surface area contributed by atoms with Gasteiger partial charge in [0.1, 0.15) is 0 Å². The first-order valence-electron chi connectivity index (χ1n) is 0. The molecular weight excluding hydrogens is 525 g/mol. The molecular formula is H6CrO4Tl2. The fourth-order valence-corrected chi connectivity index (χ4v) is 0. The third-order valence-corrected chi connectivity index (χ3v) is 0. The molecule has 42 valence electrons. The Bertz CT molecular complexity index is 9.65. The molecule has 0 spiro atoms. The van der Waals surface area contributed by atoms with E-state index >= 15 is 0 Å². The number of hydrogen-bond donors (Lipinski definition) is 0. The minimum Gasteiger partial charge on any atom is -0.870 e. The predicted molar refractivity (Wildman–Crippen MR) is 22.6 cm³/mol. The van der Waals surface area contributed by atoms with Crippen molar-refractivity contribution in [3.63, 3.8) is 0 Å². The molecule has 0 aromatic carbocycles. The average molecular weight is 531 g/mol. The van der Waals surface area contributed by atoms with Gasteiger partial charge in [-0.05, 0) is 0 Å². The van der Waals surface area contributed by atoms with Gasteiger partial charge in [0.05, 0.1) is 0 Å². The predicted octanol–water partition coefficient (Wildman–Crippen LogP) is -2.77. The Balaban J connectivity index is 0. The van der Waals surface area contributed by atoms with Crippen LogP contribution in [0.5, 0.6) is 0 Å². The van der Waals surface area contributed by atoms with Crippen LogP contribution in [0.2, 0.25) is 0 Å². The van der Waals surface area contributed by atoms with Crippen molar-refractivity contribution >= 4 is 54.6 Å². The molecule has 7 heavy (non-hydrogen) atoms. The summed E-state index contributed by atoms with van der Waals surface area (Å²) in [6.07, 6.45) is 0. The van der Waals surface area contributed by atoms with E-state index in [0.717, 1.165) is 0 Å². The van der Waals surface area contributed by atoms with E-state index in [1.54, 1.807) is 0 Å². The third-order valence-electron chi connectivity index (χ3n) is 0. The minimum atomic E-state index is 0. The van der Waals surface area contributed by atoms with Crippen molar-refractivity contribution in [2.75, 3.05) is 0 Å². The fourth-order valence-electron chi connectivity index (χ4n) is 0.